The number of halogens is 2. The van der Waals surface area contributed by atoms with Gasteiger partial charge in [0.15, 0.2) is 17.1 Å². The van der Waals surface area contributed by atoms with Crippen LogP contribution in [0.4, 0.5) is 0 Å². The molecule has 1 heterocycles. The normalized spacial score (nSPS) is 12.2. The minimum atomic E-state index is -0.206. The summed E-state index contributed by atoms with van der Waals surface area (Å²) in [5.74, 6) is 2.39. The molecule has 142 valence electrons. The van der Waals surface area contributed by atoms with Crippen LogP contribution < -0.4 is 4.74 Å². The van der Waals surface area contributed by atoms with E-state index in [2.05, 4.69) is 30.1 Å². The molecule has 0 bridgehead atoms. The summed E-state index contributed by atoms with van der Waals surface area (Å²) in [6.45, 7) is 6.12. The lowest BCUT2D eigenvalue weighted by molar-refractivity contribution is 0.210. The van der Waals surface area contributed by atoms with E-state index in [1.807, 2.05) is 48.9 Å². The number of hydrogen-bond donors (Lipinski definition) is 0. The molecule has 3 rings (SSSR count). The van der Waals surface area contributed by atoms with Crippen molar-refractivity contribution in [2.45, 2.75) is 37.8 Å². The Balaban J connectivity index is 1.70. The quantitative estimate of drug-likeness (QED) is 0.446. The van der Waals surface area contributed by atoms with Gasteiger partial charge in [0.25, 0.3) is 0 Å². The third-order valence-corrected chi connectivity index (χ3v) is 6.27. The molecular weight excluding hydrogens is 401 g/mol. The molecule has 1 unspecified atom stereocenters. The predicted octanol–water partition coefficient (Wildman–Crippen LogP) is 6.17. The molecule has 0 aliphatic rings. The van der Waals surface area contributed by atoms with Crippen LogP contribution in [0.25, 0.3) is 0 Å². The first-order chi connectivity index (χ1) is 12.9. The predicted molar refractivity (Wildman–Crippen MR) is 112 cm³/mol. The van der Waals surface area contributed by atoms with Gasteiger partial charge in [-0.1, -0.05) is 53.2 Å². The summed E-state index contributed by atoms with van der Waals surface area (Å²) in [5.41, 5.74) is 3.43. The highest BCUT2D eigenvalue weighted by Gasteiger charge is 2.18. The van der Waals surface area contributed by atoms with E-state index >= 15 is 0 Å². The van der Waals surface area contributed by atoms with Crippen molar-refractivity contribution >= 4 is 35.0 Å². The average Bonchev–Trinajstić information content (AvgIpc) is 3.00. The number of ether oxygens (including phenoxy) is 1. The maximum atomic E-state index is 6.13. The molecule has 2 aromatic carbocycles. The molecule has 0 aliphatic carbocycles. The van der Waals surface area contributed by atoms with Gasteiger partial charge in [-0.05, 0) is 55.7 Å². The van der Waals surface area contributed by atoms with Crippen molar-refractivity contribution in [3.63, 3.8) is 0 Å². The highest BCUT2D eigenvalue weighted by atomic mass is 35.5. The van der Waals surface area contributed by atoms with E-state index in [1.165, 1.54) is 5.56 Å². The Bertz CT molecular complexity index is 958. The van der Waals surface area contributed by atoms with Gasteiger partial charge in [0.1, 0.15) is 5.75 Å². The second kappa shape index (κ2) is 8.55. The maximum Gasteiger partial charge on any atom is 0.191 e. The summed E-state index contributed by atoms with van der Waals surface area (Å²) in [6, 6.07) is 11.7. The summed E-state index contributed by atoms with van der Waals surface area (Å²) in [4.78, 5) is 0. The lowest BCUT2D eigenvalue weighted by Crippen LogP contribution is -2.10. The fourth-order valence-electron chi connectivity index (χ4n) is 2.68. The van der Waals surface area contributed by atoms with E-state index in [1.54, 1.807) is 11.8 Å². The van der Waals surface area contributed by atoms with E-state index in [0.717, 1.165) is 33.6 Å². The van der Waals surface area contributed by atoms with Gasteiger partial charge in [-0.3, -0.25) is 0 Å². The highest BCUT2D eigenvalue weighted by molar-refractivity contribution is 7.98. The molecule has 0 saturated heterocycles. The largest absolute Gasteiger partial charge is 0.482 e. The van der Waals surface area contributed by atoms with Gasteiger partial charge < -0.3 is 9.30 Å². The molecule has 1 atom stereocenters. The van der Waals surface area contributed by atoms with Gasteiger partial charge in [-0.25, -0.2) is 0 Å². The van der Waals surface area contributed by atoms with Crippen molar-refractivity contribution in [2.75, 3.05) is 0 Å². The SMILES string of the molecule is Cc1cccc(OC(C)c2nnc(SCc3ccc(Cl)c(Cl)c3)n2C)c1C. The molecule has 1 aromatic heterocycles. The number of benzene rings is 2. The first-order valence-electron chi connectivity index (χ1n) is 8.55. The van der Waals surface area contributed by atoms with Crippen molar-refractivity contribution in [2.24, 2.45) is 7.05 Å². The van der Waals surface area contributed by atoms with Crippen LogP contribution in [0.15, 0.2) is 41.6 Å². The van der Waals surface area contributed by atoms with Gasteiger partial charge in [-0.15, -0.1) is 10.2 Å². The Kier molecular flexibility index (Phi) is 6.35. The van der Waals surface area contributed by atoms with Crippen molar-refractivity contribution < 1.29 is 4.74 Å². The second-order valence-electron chi connectivity index (χ2n) is 6.40. The zero-order valence-electron chi connectivity index (χ0n) is 15.7. The smallest absolute Gasteiger partial charge is 0.191 e. The van der Waals surface area contributed by atoms with Crippen LogP contribution in [0, 0.1) is 13.8 Å². The number of hydrogen-bond acceptors (Lipinski definition) is 4. The van der Waals surface area contributed by atoms with Crippen LogP contribution in [0.5, 0.6) is 5.75 Å². The van der Waals surface area contributed by atoms with Gasteiger partial charge >= 0.3 is 0 Å². The molecule has 0 spiro atoms. The zero-order valence-corrected chi connectivity index (χ0v) is 18.0. The van der Waals surface area contributed by atoms with Crippen LogP contribution in [0.1, 0.15) is 35.5 Å². The van der Waals surface area contributed by atoms with Gasteiger partial charge in [0.05, 0.1) is 10.0 Å². The minimum absolute atomic E-state index is 0.206. The van der Waals surface area contributed by atoms with E-state index in [-0.39, 0.29) is 6.10 Å². The van der Waals surface area contributed by atoms with Crippen molar-refractivity contribution in [3.8, 4) is 5.75 Å². The molecule has 0 saturated carbocycles. The number of nitrogens with zero attached hydrogens (tertiary/aromatic N) is 3. The highest BCUT2D eigenvalue weighted by Crippen LogP contribution is 2.29. The van der Waals surface area contributed by atoms with Crippen molar-refractivity contribution in [3.05, 3.63) is 69.0 Å². The molecule has 0 amide bonds. The number of rotatable bonds is 6. The zero-order chi connectivity index (χ0) is 19.6. The summed E-state index contributed by atoms with van der Waals surface area (Å²) >= 11 is 13.6. The Hall–Kier alpha value is -1.69. The lowest BCUT2D eigenvalue weighted by Gasteiger charge is -2.17. The Morgan fingerprint density at radius 1 is 1.11 bits per heavy atom. The summed E-state index contributed by atoms with van der Waals surface area (Å²) < 4.78 is 8.10. The number of thioether (sulfide) groups is 1. The van der Waals surface area contributed by atoms with Crippen LogP contribution in [0.3, 0.4) is 0 Å². The molecule has 0 aliphatic heterocycles. The van der Waals surface area contributed by atoms with Crippen molar-refractivity contribution in [1.82, 2.24) is 14.8 Å². The van der Waals surface area contributed by atoms with Gasteiger partial charge in [-0.2, -0.15) is 0 Å². The Morgan fingerprint density at radius 3 is 2.63 bits per heavy atom. The first kappa shape index (κ1) is 20.1. The third-order valence-electron chi connectivity index (χ3n) is 4.44. The summed E-state index contributed by atoms with van der Waals surface area (Å²) in [7, 11) is 1.95. The van der Waals surface area contributed by atoms with E-state index in [0.29, 0.717) is 10.0 Å². The topological polar surface area (TPSA) is 39.9 Å². The summed E-state index contributed by atoms with van der Waals surface area (Å²) in [6.07, 6.45) is -0.206. The van der Waals surface area contributed by atoms with Crippen LogP contribution >= 0.6 is 35.0 Å². The Morgan fingerprint density at radius 2 is 1.89 bits per heavy atom. The molecule has 4 nitrogen and oxygen atoms in total. The standard InChI is InChI=1S/C20H21Cl2N3OS/c1-12-6-5-7-18(13(12)2)26-14(3)19-23-24-20(25(19)4)27-11-15-8-9-16(21)17(22)10-15/h5-10,14H,11H2,1-4H3. The number of aryl methyl sites for hydroxylation is 1. The van der Waals surface area contributed by atoms with Crippen molar-refractivity contribution in [1.29, 1.82) is 0 Å². The average molecular weight is 422 g/mol. The minimum Gasteiger partial charge on any atom is -0.482 e. The van der Waals surface area contributed by atoms with Gasteiger partial charge in [0, 0.05) is 12.8 Å². The van der Waals surface area contributed by atoms with E-state index < -0.39 is 0 Å². The third kappa shape index (κ3) is 4.60. The first-order valence-corrected chi connectivity index (χ1v) is 10.3. The molecule has 27 heavy (non-hydrogen) atoms. The van der Waals surface area contributed by atoms with Crippen LogP contribution in [-0.4, -0.2) is 14.8 Å². The van der Waals surface area contributed by atoms with Crippen LogP contribution in [-0.2, 0) is 12.8 Å². The lowest BCUT2D eigenvalue weighted by atomic mass is 10.1. The second-order valence-corrected chi connectivity index (χ2v) is 8.15. The fourth-order valence-corrected chi connectivity index (χ4v) is 3.86. The number of aromatic nitrogens is 3. The summed E-state index contributed by atoms with van der Waals surface area (Å²) in [5, 5.41) is 10.6. The van der Waals surface area contributed by atoms with Gasteiger partial charge in [0.2, 0.25) is 0 Å². The molecule has 3 aromatic rings. The monoisotopic (exact) mass is 421 g/mol. The molecule has 0 radical (unpaired) electrons. The van der Waals surface area contributed by atoms with E-state index in [4.69, 9.17) is 27.9 Å². The molecule has 7 heteroatoms. The fraction of sp³-hybridized carbons (Fsp3) is 0.300. The Labute approximate surface area is 173 Å². The molecule has 0 fully saturated rings. The van der Waals surface area contributed by atoms with E-state index in [9.17, 15) is 0 Å². The maximum absolute atomic E-state index is 6.13. The molecule has 0 N–H and O–H groups in total. The molecular formula is C20H21Cl2N3OS. The van der Waals surface area contributed by atoms with Crippen LogP contribution in [0.2, 0.25) is 10.0 Å².